The molecule has 1 saturated carbocycles. The van der Waals surface area contributed by atoms with Crippen LogP contribution in [0, 0.1) is 0 Å². The van der Waals surface area contributed by atoms with Crippen LogP contribution in [0.1, 0.15) is 6.42 Å². The van der Waals surface area contributed by atoms with Gasteiger partial charge in [-0.25, -0.2) is 8.42 Å². The Hall–Kier alpha value is -0.590. The van der Waals surface area contributed by atoms with Crippen molar-refractivity contribution >= 4 is 25.8 Å². The third-order valence-corrected chi connectivity index (χ3v) is 5.02. The van der Waals surface area contributed by atoms with Crippen molar-refractivity contribution in [2.45, 2.75) is 28.4 Å². The number of halogens is 1. The van der Waals surface area contributed by atoms with E-state index in [4.69, 9.17) is 9.47 Å². The van der Waals surface area contributed by atoms with Crippen LogP contribution in [0.15, 0.2) is 29.2 Å². The molecular weight excluding hydrogens is 320 g/mol. The fourth-order valence-electron chi connectivity index (χ4n) is 1.88. The van der Waals surface area contributed by atoms with E-state index in [0.29, 0.717) is 15.5 Å². The summed E-state index contributed by atoms with van der Waals surface area (Å²) in [4.78, 5) is 0.618. The zero-order valence-electron chi connectivity index (χ0n) is 10.2. The van der Waals surface area contributed by atoms with Gasteiger partial charge in [-0.3, -0.25) is 0 Å². The van der Waals surface area contributed by atoms with Gasteiger partial charge >= 0.3 is 0 Å². The molecule has 0 aliphatic heterocycles. The van der Waals surface area contributed by atoms with E-state index < -0.39 is 9.84 Å². The van der Waals surface area contributed by atoms with Crippen molar-refractivity contribution in [1.29, 1.82) is 0 Å². The molecule has 1 aliphatic carbocycles. The van der Waals surface area contributed by atoms with Gasteiger partial charge in [0.05, 0.1) is 4.90 Å². The summed E-state index contributed by atoms with van der Waals surface area (Å²) in [6.45, 7) is 0. The molecule has 6 heteroatoms. The maximum atomic E-state index is 11.3. The SMILES string of the molecule is COC1C(Br)CC1Oc1ccc(S(C)(=O)=O)cc1. The average Bonchev–Trinajstić information content (AvgIpc) is 2.28. The highest BCUT2D eigenvalue weighted by Gasteiger charge is 2.41. The Labute approximate surface area is 115 Å². The van der Waals surface area contributed by atoms with Crippen LogP contribution in [-0.4, -0.2) is 38.8 Å². The Kier molecular flexibility index (Phi) is 3.99. The molecule has 3 atom stereocenters. The molecular formula is C12H15BrO4S. The fourth-order valence-corrected chi connectivity index (χ4v) is 3.44. The predicted molar refractivity (Wildman–Crippen MR) is 72.1 cm³/mol. The quantitative estimate of drug-likeness (QED) is 0.790. The number of hydrogen-bond acceptors (Lipinski definition) is 4. The summed E-state index contributed by atoms with van der Waals surface area (Å²) >= 11 is 3.49. The summed E-state index contributed by atoms with van der Waals surface area (Å²) in [6.07, 6.45) is 2.13. The zero-order valence-corrected chi connectivity index (χ0v) is 12.6. The number of benzene rings is 1. The minimum atomic E-state index is -3.15. The third kappa shape index (κ3) is 2.87. The Balaban J connectivity index is 2.04. The molecule has 100 valence electrons. The zero-order chi connectivity index (χ0) is 13.3. The smallest absolute Gasteiger partial charge is 0.175 e. The molecule has 1 aromatic carbocycles. The molecule has 1 aromatic rings. The van der Waals surface area contributed by atoms with E-state index in [0.717, 1.165) is 6.42 Å². The molecule has 0 amide bonds. The van der Waals surface area contributed by atoms with Crippen molar-refractivity contribution in [3.63, 3.8) is 0 Å². The van der Waals surface area contributed by atoms with Gasteiger partial charge in [-0.2, -0.15) is 0 Å². The maximum Gasteiger partial charge on any atom is 0.175 e. The van der Waals surface area contributed by atoms with Crippen LogP contribution < -0.4 is 4.74 Å². The summed E-state index contributed by atoms with van der Waals surface area (Å²) in [5.74, 6) is 0.661. The van der Waals surface area contributed by atoms with Crippen LogP contribution in [-0.2, 0) is 14.6 Å². The lowest BCUT2D eigenvalue weighted by atomic mass is 9.91. The number of hydrogen-bond donors (Lipinski definition) is 0. The normalized spacial score (nSPS) is 27.6. The predicted octanol–water partition coefficient (Wildman–Crippen LogP) is 2.02. The molecule has 0 radical (unpaired) electrons. The molecule has 4 nitrogen and oxygen atoms in total. The van der Waals surface area contributed by atoms with Gasteiger partial charge in [0.1, 0.15) is 18.0 Å². The first kappa shape index (κ1) is 13.8. The Morgan fingerprint density at radius 1 is 1.28 bits per heavy atom. The van der Waals surface area contributed by atoms with E-state index in [1.807, 2.05) is 0 Å². The van der Waals surface area contributed by atoms with E-state index in [1.165, 1.54) is 6.26 Å². The van der Waals surface area contributed by atoms with E-state index >= 15 is 0 Å². The van der Waals surface area contributed by atoms with Crippen LogP contribution in [0.4, 0.5) is 0 Å². The van der Waals surface area contributed by atoms with Crippen LogP contribution in [0.2, 0.25) is 0 Å². The van der Waals surface area contributed by atoms with Crippen molar-refractivity contribution in [3.05, 3.63) is 24.3 Å². The highest BCUT2D eigenvalue weighted by atomic mass is 79.9. The minimum absolute atomic E-state index is 0.0171. The third-order valence-electron chi connectivity index (χ3n) is 2.99. The molecule has 0 aromatic heterocycles. The summed E-state index contributed by atoms with van der Waals surface area (Å²) < 4.78 is 33.7. The van der Waals surface area contributed by atoms with Crippen molar-refractivity contribution < 1.29 is 17.9 Å². The standard InChI is InChI=1S/C12H15BrO4S/c1-16-12-10(13)7-11(12)17-8-3-5-9(6-4-8)18(2,14)15/h3-6,10-12H,7H2,1-2H3. The Bertz CT molecular complexity index is 511. The van der Waals surface area contributed by atoms with Gasteiger partial charge in [-0.1, -0.05) is 15.9 Å². The minimum Gasteiger partial charge on any atom is -0.488 e. The summed E-state index contributed by atoms with van der Waals surface area (Å²) in [5, 5.41) is 0. The summed E-state index contributed by atoms with van der Waals surface area (Å²) in [6, 6.07) is 6.45. The second-order valence-electron chi connectivity index (χ2n) is 4.35. The molecule has 3 unspecified atom stereocenters. The van der Waals surface area contributed by atoms with E-state index in [1.54, 1.807) is 31.4 Å². The van der Waals surface area contributed by atoms with Gasteiger partial charge in [0.15, 0.2) is 9.84 Å². The highest BCUT2D eigenvalue weighted by molar-refractivity contribution is 9.09. The van der Waals surface area contributed by atoms with Crippen molar-refractivity contribution in [3.8, 4) is 5.75 Å². The molecule has 18 heavy (non-hydrogen) atoms. The van der Waals surface area contributed by atoms with Gasteiger partial charge in [-0.05, 0) is 24.3 Å². The lowest BCUT2D eigenvalue weighted by molar-refractivity contribution is -0.0545. The second-order valence-corrected chi connectivity index (χ2v) is 7.54. The van der Waals surface area contributed by atoms with Crippen LogP contribution in [0.25, 0.3) is 0 Å². The largest absolute Gasteiger partial charge is 0.488 e. The molecule has 0 heterocycles. The topological polar surface area (TPSA) is 52.6 Å². The first-order chi connectivity index (χ1) is 8.41. The van der Waals surface area contributed by atoms with Crippen LogP contribution >= 0.6 is 15.9 Å². The van der Waals surface area contributed by atoms with E-state index in [-0.39, 0.29) is 12.2 Å². The molecule has 2 rings (SSSR count). The molecule has 0 N–H and O–H groups in total. The first-order valence-corrected chi connectivity index (χ1v) is 8.36. The lowest BCUT2D eigenvalue weighted by Gasteiger charge is -2.40. The van der Waals surface area contributed by atoms with Crippen molar-refractivity contribution in [2.24, 2.45) is 0 Å². The number of sulfone groups is 1. The highest BCUT2D eigenvalue weighted by Crippen LogP contribution is 2.33. The van der Waals surface area contributed by atoms with Gasteiger partial charge < -0.3 is 9.47 Å². The number of methoxy groups -OCH3 is 1. The molecule has 0 spiro atoms. The van der Waals surface area contributed by atoms with E-state index in [2.05, 4.69) is 15.9 Å². The second kappa shape index (κ2) is 5.19. The van der Waals surface area contributed by atoms with Gasteiger partial charge in [0.2, 0.25) is 0 Å². The van der Waals surface area contributed by atoms with Crippen LogP contribution in [0.5, 0.6) is 5.75 Å². The lowest BCUT2D eigenvalue weighted by Crippen LogP contribution is -2.51. The summed E-state index contributed by atoms with van der Waals surface area (Å²) in [7, 11) is -1.50. The molecule has 0 saturated heterocycles. The van der Waals surface area contributed by atoms with Gasteiger partial charge in [-0.15, -0.1) is 0 Å². The monoisotopic (exact) mass is 334 g/mol. The van der Waals surface area contributed by atoms with E-state index in [9.17, 15) is 8.42 Å². The Morgan fingerprint density at radius 3 is 2.33 bits per heavy atom. The number of ether oxygens (including phenoxy) is 2. The van der Waals surface area contributed by atoms with Crippen molar-refractivity contribution in [1.82, 2.24) is 0 Å². The van der Waals surface area contributed by atoms with Gasteiger partial charge in [0, 0.05) is 24.6 Å². The molecule has 1 fully saturated rings. The average molecular weight is 335 g/mol. The van der Waals surface area contributed by atoms with Crippen molar-refractivity contribution in [2.75, 3.05) is 13.4 Å². The number of alkyl halides is 1. The van der Waals surface area contributed by atoms with Gasteiger partial charge in [0.25, 0.3) is 0 Å². The maximum absolute atomic E-state index is 11.3. The number of rotatable bonds is 4. The molecule has 0 bridgehead atoms. The fraction of sp³-hybridized carbons (Fsp3) is 0.500. The molecule has 1 aliphatic rings. The van der Waals surface area contributed by atoms with Crippen LogP contribution in [0.3, 0.4) is 0 Å². The summed E-state index contributed by atoms with van der Waals surface area (Å²) in [5.41, 5.74) is 0. The Morgan fingerprint density at radius 2 is 1.89 bits per heavy atom. The first-order valence-electron chi connectivity index (χ1n) is 5.55.